The van der Waals surface area contributed by atoms with E-state index >= 15 is 0 Å². The Morgan fingerprint density at radius 2 is 1.81 bits per heavy atom. The van der Waals surface area contributed by atoms with E-state index in [4.69, 9.17) is 0 Å². The molecule has 2 N–H and O–H groups in total. The van der Waals surface area contributed by atoms with Crippen molar-refractivity contribution in [1.29, 1.82) is 0 Å². The van der Waals surface area contributed by atoms with Gasteiger partial charge in [0, 0.05) is 39.3 Å². The number of thiophene rings is 1. The average molecular weight is 440 g/mol. The lowest BCUT2D eigenvalue weighted by atomic mass is 9.88. The van der Waals surface area contributed by atoms with Crippen molar-refractivity contribution in [1.82, 2.24) is 15.5 Å². The van der Waals surface area contributed by atoms with Crippen LogP contribution in [0.3, 0.4) is 0 Å². The Morgan fingerprint density at radius 3 is 2.52 bits per heavy atom. The Balaban J connectivity index is 1.38. The summed E-state index contributed by atoms with van der Waals surface area (Å²) in [5, 5.41) is 10.8. The van der Waals surface area contributed by atoms with Crippen LogP contribution in [0.1, 0.15) is 30.4 Å². The zero-order chi connectivity index (χ0) is 21.6. The van der Waals surface area contributed by atoms with Crippen molar-refractivity contribution in [3.63, 3.8) is 0 Å². The number of rotatable bonds is 5. The lowest BCUT2D eigenvalue weighted by molar-refractivity contribution is -0.127. The molecule has 2 aromatic rings. The molecule has 7 heteroatoms. The number of aryl methyl sites for hydroxylation is 1. The van der Waals surface area contributed by atoms with Crippen molar-refractivity contribution in [2.24, 2.45) is 4.99 Å². The number of hydrogen-bond donors (Lipinski definition) is 2. The molecule has 1 atom stereocenters. The number of piperidine rings is 1. The van der Waals surface area contributed by atoms with Crippen molar-refractivity contribution < 1.29 is 4.79 Å². The van der Waals surface area contributed by atoms with Gasteiger partial charge in [-0.3, -0.25) is 4.79 Å². The van der Waals surface area contributed by atoms with Crippen LogP contribution in [0, 0.1) is 0 Å². The first-order valence-corrected chi connectivity index (χ1v) is 12.1. The minimum atomic E-state index is 0.0163. The van der Waals surface area contributed by atoms with Gasteiger partial charge in [-0.25, -0.2) is 4.99 Å². The van der Waals surface area contributed by atoms with Crippen LogP contribution in [0.25, 0.3) is 0 Å². The van der Waals surface area contributed by atoms with E-state index in [1.807, 2.05) is 0 Å². The van der Waals surface area contributed by atoms with Gasteiger partial charge in [0.1, 0.15) is 6.54 Å². The molecule has 1 amide bonds. The van der Waals surface area contributed by atoms with E-state index in [2.05, 4.69) is 62.3 Å². The van der Waals surface area contributed by atoms with E-state index in [1.54, 1.807) is 30.3 Å². The molecule has 1 aromatic heterocycles. The Bertz CT molecular complexity index is 887. The topological polar surface area (TPSA) is 60.0 Å². The van der Waals surface area contributed by atoms with Gasteiger partial charge < -0.3 is 20.4 Å². The predicted molar refractivity (Wildman–Crippen MR) is 129 cm³/mol. The smallest absolute Gasteiger partial charge is 0.243 e. The molecule has 1 aliphatic carbocycles. The monoisotopic (exact) mass is 439 g/mol. The maximum Gasteiger partial charge on any atom is 0.243 e. The number of hydrogen-bond acceptors (Lipinski definition) is 4. The van der Waals surface area contributed by atoms with Crippen LogP contribution in [0.5, 0.6) is 0 Å². The summed E-state index contributed by atoms with van der Waals surface area (Å²) in [6, 6.07) is 13.7. The highest BCUT2D eigenvalue weighted by atomic mass is 32.1. The molecule has 0 radical (unpaired) electrons. The molecule has 0 bridgehead atoms. The molecule has 0 saturated carbocycles. The van der Waals surface area contributed by atoms with Crippen LogP contribution in [-0.2, 0) is 17.6 Å². The van der Waals surface area contributed by atoms with Gasteiger partial charge in [-0.05, 0) is 60.7 Å². The molecule has 166 valence electrons. The Kier molecular flexibility index (Phi) is 7.12. The summed E-state index contributed by atoms with van der Waals surface area (Å²) in [5.41, 5.74) is 2.87. The summed E-state index contributed by atoms with van der Waals surface area (Å²) < 4.78 is 0. The highest BCUT2D eigenvalue weighted by molar-refractivity contribution is 7.14. The maximum absolute atomic E-state index is 12.1. The van der Waals surface area contributed by atoms with Crippen molar-refractivity contribution in [3.05, 3.63) is 52.9 Å². The van der Waals surface area contributed by atoms with E-state index in [-0.39, 0.29) is 12.5 Å². The van der Waals surface area contributed by atoms with Crippen LogP contribution in [0.2, 0.25) is 0 Å². The predicted octanol–water partition coefficient (Wildman–Crippen LogP) is 2.90. The Hall–Kier alpha value is -2.54. The van der Waals surface area contributed by atoms with Gasteiger partial charge in [0.25, 0.3) is 0 Å². The zero-order valence-electron chi connectivity index (χ0n) is 18.5. The normalized spacial score (nSPS) is 19.6. The molecule has 2 aliphatic rings. The van der Waals surface area contributed by atoms with Gasteiger partial charge >= 0.3 is 0 Å². The summed E-state index contributed by atoms with van der Waals surface area (Å²) in [6.45, 7) is 2.25. The van der Waals surface area contributed by atoms with Gasteiger partial charge in [-0.15, -0.1) is 11.3 Å². The number of nitrogens with one attached hydrogen (secondary N) is 2. The Labute approximate surface area is 189 Å². The summed E-state index contributed by atoms with van der Waals surface area (Å²) in [4.78, 5) is 20.8. The van der Waals surface area contributed by atoms with Crippen LogP contribution in [0.4, 0.5) is 5.00 Å². The summed E-state index contributed by atoms with van der Waals surface area (Å²) in [7, 11) is 3.55. The summed E-state index contributed by atoms with van der Waals surface area (Å²) in [5.74, 6) is 0.789. The molecule has 1 saturated heterocycles. The molecule has 6 nitrogen and oxygen atoms in total. The van der Waals surface area contributed by atoms with Crippen molar-refractivity contribution in [2.45, 2.75) is 44.2 Å². The highest BCUT2D eigenvalue weighted by Crippen LogP contribution is 2.25. The van der Waals surface area contributed by atoms with Gasteiger partial charge in [0.05, 0.1) is 5.00 Å². The van der Waals surface area contributed by atoms with Gasteiger partial charge in [-0.2, -0.15) is 0 Å². The van der Waals surface area contributed by atoms with E-state index in [0.717, 1.165) is 51.2 Å². The van der Waals surface area contributed by atoms with Crippen molar-refractivity contribution in [3.8, 4) is 0 Å². The van der Waals surface area contributed by atoms with E-state index in [9.17, 15) is 4.79 Å². The number of benzene rings is 1. The number of carbonyl (C=O) groups excluding carboxylic acids is 1. The third-order valence-electron chi connectivity index (χ3n) is 6.21. The largest absolute Gasteiger partial charge is 0.363 e. The number of nitrogens with zero attached hydrogens (tertiary/aromatic N) is 3. The first kappa shape index (κ1) is 21.7. The number of fused-ring (bicyclic) bond motifs is 1. The maximum atomic E-state index is 12.1. The highest BCUT2D eigenvalue weighted by Gasteiger charge is 2.23. The van der Waals surface area contributed by atoms with E-state index < -0.39 is 0 Å². The minimum Gasteiger partial charge on any atom is -0.363 e. The lowest BCUT2D eigenvalue weighted by Gasteiger charge is -2.34. The van der Waals surface area contributed by atoms with Crippen LogP contribution >= 0.6 is 11.3 Å². The van der Waals surface area contributed by atoms with Gasteiger partial charge in [-0.1, -0.05) is 24.3 Å². The fourth-order valence-electron chi connectivity index (χ4n) is 4.32. The van der Waals surface area contributed by atoms with E-state index in [0.29, 0.717) is 12.1 Å². The average Bonchev–Trinajstić information content (AvgIpc) is 3.32. The Morgan fingerprint density at radius 1 is 1.06 bits per heavy atom. The summed E-state index contributed by atoms with van der Waals surface area (Å²) >= 11 is 1.80. The van der Waals surface area contributed by atoms with Crippen molar-refractivity contribution in [2.75, 3.05) is 38.6 Å². The number of guanidine groups is 1. The zero-order valence-corrected chi connectivity index (χ0v) is 19.3. The van der Waals surface area contributed by atoms with E-state index in [1.165, 1.54) is 16.1 Å². The molecule has 31 heavy (non-hydrogen) atoms. The molecule has 0 spiro atoms. The number of likely N-dealkylation sites (N-methyl/N-ethyl adjacent to an activating group) is 1. The fourth-order valence-corrected chi connectivity index (χ4v) is 5.11. The molecule has 4 rings (SSSR count). The van der Waals surface area contributed by atoms with Crippen molar-refractivity contribution >= 4 is 28.2 Å². The van der Waals surface area contributed by atoms with Crippen LogP contribution < -0.4 is 15.5 Å². The minimum absolute atomic E-state index is 0.0163. The fraction of sp³-hybridized carbons (Fsp3) is 0.500. The molecule has 1 aliphatic heterocycles. The van der Waals surface area contributed by atoms with Gasteiger partial charge in [0.2, 0.25) is 5.91 Å². The standard InChI is InChI=1S/C24H33N5OS/c1-28(2)22(30)17-25-24(27-21-10-9-18-6-3-4-7-19(18)16-21)26-20-11-13-29(14-12-20)23-8-5-15-31-23/h3-8,15,20-21H,9-14,16-17H2,1-2H3,(H2,25,26,27). The SMILES string of the molecule is CN(C)C(=O)CN=C(NC1CCN(c2cccs2)CC1)NC1CCc2ccccc2C1. The molecular formula is C24H33N5OS. The molecule has 2 heterocycles. The molecule has 1 fully saturated rings. The van der Waals surface area contributed by atoms with Crippen LogP contribution in [-0.4, -0.2) is 62.6 Å². The number of carbonyl (C=O) groups is 1. The first-order chi connectivity index (χ1) is 15.1. The third-order valence-corrected chi connectivity index (χ3v) is 7.14. The molecular weight excluding hydrogens is 406 g/mol. The van der Waals surface area contributed by atoms with Gasteiger partial charge in [0.15, 0.2) is 5.96 Å². The number of amides is 1. The van der Waals surface area contributed by atoms with Crippen LogP contribution in [0.15, 0.2) is 46.8 Å². The second kappa shape index (κ2) is 10.2. The number of anilines is 1. The second-order valence-corrected chi connectivity index (χ2v) is 9.59. The number of aliphatic imine (C=N–C) groups is 1. The second-order valence-electron chi connectivity index (χ2n) is 8.66. The summed E-state index contributed by atoms with van der Waals surface area (Å²) in [6.07, 6.45) is 5.28. The lowest BCUT2D eigenvalue weighted by Crippen LogP contribution is -2.52. The third kappa shape index (κ3) is 5.79. The molecule has 1 aromatic carbocycles. The quantitative estimate of drug-likeness (QED) is 0.556. The first-order valence-electron chi connectivity index (χ1n) is 11.2. The molecule has 1 unspecified atom stereocenters.